The number of anilines is 1. The molecule has 7 heteroatoms. The molecule has 6 nitrogen and oxygen atoms in total. The number of hydrogen-bond donors (Lipinski definition) is 2. The molecule has 0 saturated carbocycles. The van der Waals surface area contributed by atoms with E-state index in [1.54, 1.807) is 36.4 Å². The minimum atomic E-state index is -0.333. The van der Waals surface area contributed by atoms with Crippen LogP contribution in [0.5, 0.6) is 0 Å². The fourth-order valence-corrected chi connectivity index (χ4v) is 3.09. The molecule has 1 aliphatic rings. The Morgan fingerprint density at radius 2 is 2.15 bits per heavy atom. The number of furan rings is 1. The van der Waals surface area contributed by atoms with Crippen LogP contribution in [0.3, 0.4) is 0 Å². The maximum absolute atomic E-state index is 13.0. The number of benzene rings is 1. The van der Waals surface area contributed by atoms with Gasteiger partial charge in [0.15, 0.2) is 5.76 Å². The summed E-state index contributed by atoms with van der Waals surface area (Å²) in [6, 6.07) is 10.5. The minimum absolute atomic E-state index is 0. The fraction of sp³-hybridized carbons (Fsp3) is 0.368. The second kappa shape index (κ2) is 9.40. The zero-order valence-corrected chi connectivity index (χ0v) is 15.6. The van der Waals surface area contributed by atoms with Gasteiger partial charge in [-0.25, -0.2) is 0 Å². The Morgan fingerprint density at radius 3 is 2.81 bits per heavy atom. The third kappa shape index (κ3) is 4.65. The monoisotopic (exact) mass is 377 g/mol. The lowest BCUT2D eigenvalue weighted by Gasteiger charge is -2.28. The van der Waals surface area contributed by atoms with E-state index in [4.69, 9.17) is 4.42 Å². The van der Waals surface area contributed by atoms with E-state index >= 15 is 0 Å². The van der Waals surface area contributed by atoms with E-state index in [-0.39, 0.29) is 36.0 Å². The topological polar surface area (TPSA) is 74.6 Å². The maximum Gasteiger partial charge on any atom is 0.291 e. The molecule has 2 heterocycles. The summed E-state index contributed by atoms with van der Waals surface area (Å²) >= 11 is 0. The number of halogens is 1. The van der Waals surface area contributed by atoms with E-state index < -0.39 is 0 Å². The maximum atomic E-state index is 13.0. The van der Waals surface area contributed by atoms with Gasteiger partial charge in [0.1, 0.15) is 0 Å². The van der Waals surface area contributed by atoms with Crippen LogP contribution in [0, 0.1) is 0 Å². The quantitative estimate of drug-likeness (QED) is 0.810. The highest BCUT2D eigenvalue weighted by Gasteiger charge is 2.26. The first kappa shape index (κ1) is 20.0. The predicted octanol–water partition coefficient (Wildman–Crippen LogP) is 3.17. The average molecular weight is 378 g/mol. The molecule has 140 valence electrons. The van der Waals surface area contributed by atoms with Crippen LogP contribution in [0.1, 0.15) is 40.7 Å². The number of hydrogen-bond acceptors (Lipinski definition) is 4. The zero-order chi connectivity index (χ0) is 17.6. The molecule has 1 aliphatic heterocycles. The number of rotatable bonds is 6. The van der Waals surface area contributed by atoms with Crippen LogP contribution in [0.2, 0.25) is 0 Å². The van der Waals surface area contributed by atoms with Crippen molar-refractivity contribution in [2.75, 3.05) is 25.0 Å². The average Bonchev–Trinajstić information content (AvgIpc) is 3.32. The molecule has 2 N–H and O–H groups in total. The molecule has 0 bridgehead atoms. The SMILES string of the molecule is CCCN(C(=O)c1cccc(NC(=O)c2ccco2)c1)C1CCNC1.Cl. The molecule has 1 saturated heterocycles. The summed E-state index contributed by atoms with van der Waals surface area (Å²) in [6.07, 6.45) is 3.34. The van der Waals surface area contributed by atoms with E-state index in [9.17, 15) is 9.59 Å². The Balaban J connectivity index is 0.00000243. The number of amides is 2. The summed E-state index contributed by atoms with van der Waals surface area (Å²) in [7, 11) is 0. The Morgan fingerprint density at radius 1 is 1.31 bits per heavy atom. The lowest BCUT2D eigenvalue weighted by atomic mass is 10.1. The van der Waals surface area contributed by atoms with Crippen LogP contribution < -0.4 is 10.6 Å². The number of carbonyl (C=O) groups is 2. The molecule has 0 radical (unpaired) electrons. The van der Waals surface area contributed by atoms with Gasteiger partial charge in [-0.2, -0.15) is 0 Å². The Labute approximate surface area is 159 Å². The molecule has 1 atom stereocenters. The lowest BCUT2D eigenvalue weighted by Crippen LogP contribution is -2.42. The summed E-state index contributed by atoms with van der Waals surface area (Å²) in [6.45, 7) is 4.58. The van der Waals surface area contributed by atoms with E-state index in [1.165, 1.54) is 6.26 Å². The zero-order valence-electron chi connectivity index (χ0n) is 14.7. The van der Waals surface area contributed by atoms with Gasteiger partial charge >= 0.3 is 0 Å². The van der Waals surface area contributed by atoms with Crippen molar-refractivity contribution in [3.05, 3.63) is 54.0 Å². The Kier molecular flexibility index (Phi) is 7.24. The molecule has 1 fully saturated rings. The van der Waals surface area contributed by atoms with Crippen molar-refractivity contribution in [2.45, 2.75) is 25.8 Å². The van der Waals surface area contributed by atoms with Gasteiger partial charge in [0.05, 0.1) is 6.26 Å². The lowest BCUT2D eigenvalue weighted by molar-refractivity contribution is 0.0692. The molecule has 2 aromatic rings. The normalized spacial score (nSPS) is 16.0. The predicted molar refractivity (Wildman–Crippen MR) is 103 cm³/mol. The van der Waals surface area contributed by atoms with Crippen molar-refractivity contribution in [3.63, 3.8) is 0 Å². The van der Waals surface area contributed by atoms with Gasteiger partial charge in [-0.1, -0.05) is 13.0 Å². The van der Waals surface area contributed by atoms with Crippen LogP contribution in [-0.4, -0.2) is 42.4 Å². The molecule has 0 aliphatic carbocycles. The van der Waals surface area contributed by atoms with E-state index in [2.05, 4.69) is 17.6 Å². The van der Waals surface area contributed by atoms with Gasteiger partial charge in [0.2, 0.25) is 0 Å². The van der Waals surface area contributed by atoms with Crippen molar-refractivity contribution in [1.82, 2.24) is 10.2 Å². The van der Waals surface area contributed by atoms with Gasteiger partial charge in [-0.3, -0.25) is 9.59 Å². The van der Waals surface area contributed by atoms with Crippen LogP contribution in [0.4, 0.5) is 5.69 Å². The third-order valence-corrected chi connectivity index (χ3v) is 4.31. The second-order valence-corrected chi connectivity index (χ2v) is 6.16. The summed E-state index contributed by atoms with van der Waals surface area (Å²) < 4.78 is 5.09. The standard InChI is InChI=1S/C19H23N3O3.ClH/c1-2-10-22(16-8-9-20-13-16)19(24)14-5-3-6-15(12-14)21-18(23)17-7-4-11-25-17;/h3-7,11-12,16,20H,2,8-10,13H2,1H3,(H,21,23);1H. The van der Waals surface area contributed by atoms with Crippen molar-refractivity contribution >= 4 is 29.9 Å². The first-order chi connectivity index (χ1) is 12.2. The van der Waals surface area contributed by atoms with E-state index in [0.29, 0.717) is 11.3 Å². The van der Waals surface area contributed by atoms with Crippen LogP contribution in [0.15, 0.2) is 47.1 Å². The molecule has 1 unspecified atom stereocenters. The molecule has 3 rings (SSSR count). The van der Waals surface area contributed by atoms with Crippen molar-refractivity contribution in [2.24, 2.45) is 0 Å². The highest BCUT2D eigenvalue weighted by molar-refractivity contribution is 6.03. The van der Waals surface area contributed by atoms with Crippen molar-refractivity contribution < 1.29 is 14.0 Å². The van der Waals surface area contributed by atoms with Crippen LogP contribution in [0.25, 0.3) is 0 Å². The van der Waals surface area contributed by atoms with Gasteiger partial charge in [-0.05, 0) is 49.7 Å². The summed E-state index contributed by atoms with van der Waals surface area (Å²) in [5, 5.41) is 6.07. The molecular weight excluding hydrogens is 354 g/mol. The van der Waals surface area contributed by atoms with Gasteiger partial charge < -0.3 is 20.0 Å². The summed E-state index contributed by atoms with van der Waals surface area (Å²) in [5.41, 5.74) is 1.16. The first-order valence-corrected chi connectivity index (χ1v) is 8.65. The highest BCUT2D eigenvalue weighted by Crippen LogP contribution is 2.18. The number of carbonyl (C=O) groups excluding carboxylic acids is 2. The summed E-state index contributed by atoms with van der Waals surface area (Å²) in [4.78, 5) is 27.0. The van der Waals surface area contributed by atoms with Crippen molar-refractivity contribution in [3.8, 4) is 0 Å². The van der Waals surface area contributed by atoms with Gasteiger partial charge in [-0.15, -0.1) is 12.4 Å². The molecule has 1 aromatic heterocycles. The molecule has 1 aromatic carbocycles. The minimum Gasteiger partial charge on any atom is -0.459 e. The Bertz CT molecular complexity index is 727. The molecule has 26 heavy (non-hydrogen) atoms. The third-order valence-electron chi connectivity index (χ3n) is 4.31. The van der Waals surface area contributed by atoms with E-state index in [1.807, 2.05) is 4.90 Å². The fourth-order valence-electron chi connectivity index (χ4n) is 3.09. The molecular formula is C19H24ClN3O3. The smallest absolute Gasteiger partial charge is 0.291 e. The first-order valence-electron chi connectivity index (χ1n) is 8.65. The number of nitrogens with zero attached hydrogens (tertiary/aromatic N) is 1. The van der Waals surface area contributed by atoms with Crippen LogP contribution >= 0.6 is 12.4 Å². The van der Waals surface area contributed by atoms with Gasteiger partial charge in [0, 0.05) is 30.4 Å². The second-order valence-electron chi connectivity index (χ2n) is 6.16. The van der Waals surface area contributed by atoms with E-state index in [0.717, 1.165) is 32.5 Å². The molecule has 0 spiro atoms. The van der Waals surface area contributed by atoms with Crippen LogP contribution in [-0.2, 0) is 0 Å². The van der Waals surface area contributed by atoms with Crippen molar-refractivity contribution in [1.29, 1.82) is 0 Å². The largest absolute Gasteiger partial charge is 0.459 e. The number of nitrogens with one attached hydrogen (secondary N) is 2. The highest BCUT2D eigenvalue weighted by atomic mass is 35.5. The van der Waals surface area contributed by atoms with Gasteiger partial charge in [0.25, 0.3) is 11.8 Å². The Hall–Kier alpha value is -2.31. The molecule has 2 amide bonds. The summed E-state index contributed by atoms with van der Waals surface area (Å²) in [5.74, 6) is -0.0916.